The first kappa shape index (κ1) is 11.1. The SMILES string of the molecule is O=C1CC[C@H]([C@](O)(CO)c2ccccc2)O1. The second-order valence-electron chi connectivity index (χ2n) is 3.97. The third kappa shape index (κ3) is 1.81. The molecule has 0 unspecified atom stereocenters. The van der Waals surface area contributed by atoms with Crippen molar-refractivity contribution in [2.24, 2.45) is 0 Å². The summed E-state index contributed by atoms with van der Waals surface area (Å²) in [5.41, 5.74) is -0.926. The molecule has 16 heavy (non-hydrogen) atoms. The molecule has 2 rings (SSSR count). The Morgan fingerprint density at radius 1 is 1.38 bits per heavy atom. The fraction of sp³-hybridized carbons (Fsp3) is 0.417. The van der Waals surface area contributed by atoms with Crippen molar-refractivity contribution in [3.63, 3.8) is 0 Å². The topological polar surface area (TPSA) is 66.8 Å². The number of benzene rings is 1. The summed E-state index contributed by atoms with van der Waals surface area (Å²) in [6.45, 7) is -0.463. The van der Waals surface area contributed by atoms with Crippen molar-refractivity contribution >= 4 is 5.97 Å². The van der Waals surface area contributed by atoms with Gasteiger partial charge >= 0.3 is 5.97 Å². The van der Waals surface area contributed by atoms with Gasteiger partial charge in [-0.1, -0.05) is 30.3 Å². The molecule has 0 amide bonds. The van der Waals surface area contributed by atoms with E-state index < -0.39 is 18.3 Å². The number of aliphatic hydroxyl groups excluding tert-OH is 1. The standard InChI is InChI=1S/C12H14O4/c13-8-12(15,9-4-2-1-3-5-9)10-6-7-11(14)16-10/h1-5,10,13,15H,6-8H2/t10-,12+/m1/s1. The highest BCUT2D eigenvalue weighted by atomic mass is 16.6. The predicted molar refractivity (Wildman–Crippen MR) is 56.5 cm³/mol. The minimum atomic E-state index is -1.49. The van der Waals surface area contributed by atoms with Gasteiger partial charge in [0.2, 0.25) is 0 Å². The Morgan fingerprint density at radius 2 is 2.06 bits per heavy atom. The summed E-state index contributed by atoms with van der Waals surface area (Å²) in [7, 11) is 0. The van der Waals surface area contributed by atoms with Gasteiger partial charge in [0, 0.05) is 6.42 Å². The number of rotatable bonds is 3. The maximum absolute atomic E-state index is 11.0. The summed E-state index contributed by atoms with van der Waals surface area (Å²) in [6, 6.07) is 8.78. The monoisotopic (exact) mass is 222 g/mol. The van der Waals surface area contributed by atoms with Crippen LogP contribution in [0.25, 0.3) is 0 Å². The zero-order valence-electron chi connectivity index (χ0n) is 8.80. The van der Waals surface area contributed by atoms with Crippen LogP contribution in [0.2, 0.25) is 0 Å². The third-order valence-corrected chi connectivity index (χ3v) is 2.93. The number of ether oxygens (including phenoxy) is 1. The molecule has 1 aliphatic heterocycles. The first-order valence-corrected chi connectivity index (χ1v) is 5.25. The lowest BCUT2D eigenvalue weighted by atomic mass is 9.87. The number of cyclic esters (lactones) is 1. The van der Waals surface area contributed by atoms with Crippen molar-refractivity contribution in [2.45, 2.75) is 24.5 Å². The molecule has 0 spiro atoms. The molecule has 2 atom stereocenters. The van der Waals surface area contributed by atoms with Gasteiger partial charge in [0.1, 0.15) is 11.7 Å². The minimum absolute atomic E-state index is 0.291. The van der Waals surface area contributed by atoms with Gasteiger partial charge < -0.3 is 14.9 Å². The first-order chi connectivity index (χ1) is 7.66. The Morgan fingerprint density at radius 3 is 2.56 bits per heavy atom. The largest absolute Gasteiger partial charge is 0.459 e. The number of hydrogen-bond donors (Lipinski definition) is 2. The summed E-state index contributed by atoms with van der Waals surface area (Å²) >= 11 is 0. The quantitative estimate of drug-likeness (QED) is 0.734. The molecule has 0 saturated carbocycles. The molecule has 0 bridgehead atoms. The van der Waals surface area contributed by atoms with Crippen LogP contribution in [0, 0.1) is 0 Å². The van der Waals surface area contributed by atoms with E-state index in [-0.39, 0.29) is 5.97 Å². The fourth-order valence-electron chi connectivity index (χ4n) is 1.97. The van der Waals surface area contributed by atoms with Gasteiger partial charge in [0.25, 0.3) is 0 Å². The molecule has 4 nitrogen and oxygen atoms in total. The molecule has 86 valence electrons. The second kappa shape index (κ2) is 4.23. The van der Waals surface area contributed by atoms with Crippen LogP contribution >= 0.6 is 0 Å². The zero-order chi connectivity index (χ0) is 11.6. The number of carbonyl (C=O) groups excluding carboxylic acids is 1. The molecule has 1 fully saturated rings. The smallest absolute Gasteiger partial charge is 0.306 e. The van der Waals surface area contributed by atoms with E-state index >= 15 is 0 Å². The Balaban J connectivity index is 2.29. The summed E-state index contributed by atoms with van der Waals surface area (Å²) in [5, 5.41) is 19.7. The Kier molecular flexibility index (Phi) is 2.94. The third-order valence-electron chi connectivity index (χ3n) is 2.93. The van der Waals surface area contributed by atoms with E-state index in [4.69, 9.17) is 4.74 Å². The Bertz CT molecular complexity index is 376. The average Bonchev–Trinajstić information content (AvgIpc) is 2.76. The van der Waals surface area contributed by atoms with Crippen LogP contribution in [0.3, 0.4) is 0 Å². The van der Waals surface area contributed by atoms with E-state index in [1.54, 1.807) is 24.3 Å². The van der Waals surface area contributed by atoms with Crippen LogP contribution in [0.15, 0.2) is 30.3 Å². The molecule has 0 radical (unpaired) electrons. The van der Waals surface area contributed by atoms with Crippen molar-refractivity contribution in [3.8, 4) is 0 Å². The Hall–Kier alpha value is -1.39. The fourth-order valence-corrected chi connectivity index (χ4v) is 1.97. The summed E-state index contributed by atoms with van der Waals surface area (Å²) in [4.78, 5) is 11.0. The molecule has 1 aliphatic rings. The van der Waals surface area contributed by atoms with Crippen molar-refractivity contribution in [3.05, 3.63) is 35.9 Å². The van der Waals surface area contributed by atoms with E-state index in [9.17, 15) is 15.0 Å². The van der Waals surface area contributed by atoms with Crippen LogP contribution in [-0.2, 0) is 15.1 Å². The van der Waals surface area contributed by atoms with Gasteiger partial charge in [0.05, 0.1) is 6.61 Å². The molecular formula is C12H14O4. The van der Waals surface area contributed by atoms with Crippen molar-refractivity contribution in [2.75, 3.05) is 6.61 Å². The van der Waals surface area contributed by atoms with Gasteiger partial charge in [-0.05, 0) is 12.0 Å². The molecular weight excluding hydrogens is 208 g/mol. The molecule has 4 heteroatoms. The summed E-state index contributed by atoms with van der Waals surface area (Å²) in [6.07, 6.45) is 0.0670. The second-order valence-corrected chi connectivity index (χ2v) is 3.97. The lowest BCUT2D eigenvalue weighted by Crippen LogP contribution is -2.42. The van der Waals surface area contributed by atoms with Gasteiger partial charge in [-0.25, -0.2) is 0 Å². The van der Waals surface area contributed by atoms with Crippen molar-refractivity contribution in [1.29, 1.82) is 0 Å². The van der Waals surface area contributed by atoms with Crippen molar-refractivity contribution < 1.29 is 19.7 Å². The number of aliphatic hydroxyl groups is 2. The normalized spacial score (nSPS) is 23.9. The van der Waals surface area contributed by atoms with Gasteiger partial charge in [-0.3, -0.25) is 4.79 Å². The number of esters is 1. The highest BCUT2D eigenvalue weighted by Gasteiger charge is 2.43. The predicted octanol–water partition coefficient (Wildman–Crippen LogP) is 0.572. The lowest BCUT2D eigenvalue weighted by molar-refractivity contribution is -0.159. The average molecular weight is 222 g/mol. The van der Waals surface area contributed by atoms with Crippen LogP contribution in [-0.4, -0.2) is 28.9 Å². The summed E-state index contributed by atoms with van der Waals surface area (Å²) < 4.78 is 5.02. The van der Waals surface area contributed by atoms with E-state index in [1.807, 2.05) is 6.07 Å². The van der Waals surface area contributed by atoms with E-state index in [2.05, 4.69) is 0 Å². The molecule has 2 N–H and O–H groups in total. The first-order valence-electron chi connectivity index (χ1n) is 5.25. The van der Waals surface area contributed by atoms with Crippen LogP contribution in [0.4, 0.5) is 0 Å². The highest BCUT2D eigenvalue weighted by molar-refractivity contribution is 5.71. The highest BCUT2D eigenvalue weighted by Crippen LogP contribution is 2.32. The molecule has 1 heterocycles. The Labute approximate surface area is 93.5 Å². The van der Waals surface area contributed by atoms with E-state index in [0.29, 0.717) is 18.4 Å². The molecule has 1 saturated heterocycles. The molecule has 1 aromatic rings. The maximum atomic E-state index is 11.0. The van der Waals surface area contributed by atoms with E-state index in [0.717, 1.165) is 0 Å². The maximum Gasteiger partial charge on any atom is 0.306 e. The van der Waals surface area contributed by atoms with Crippen molar-refractivity contribution in [1.82, 2.24) is 0 Å². The van der Waals surface area contributed by atoms with E-state index in [1.165, 1.54) is 0 Å². The zero-order valence-corrected chi connectivity index (χ0v) is 8.80. The van der Waals surface area contributed by atoms with Gasteiger partial charge in [0.15, 0.2) is 0 Å². The molecule has 0 aromatic heterocycles. The molecule has 0 aliphatic carbocycles. The number of carbonyl (C=O) groups is 1. The van der Waals surface area contributed by atoms with Gasteiger partial charge in [-0.15, -0.1) is 0 Å². The van der Waals surface area contributed by atoms with Crippen LogP contribution in [0.1, 0.15) is 18.4 Å². The van der Waals surface area contributed by atoms with Crippen LogP contribution < -0.4 is 0 Å². The summed E-state index contributed by atoms with van der Waals surface area (Å²) in [5.74, 6) is -0.326. The van der Waals surface area contributed by atoms with Gasteiger partial charge in [-0.2, -0.15) is 0 Å². The molecule has 1 aromatic carbocycles. The van der Waals surface area contributed by atoms with Crippen LogP contribution in [0.5, 0.6) is 0 Å². The number of hydrogen-bond acceptors (Lipinski definition) is 4. The minimum Gasteiger partial charge on any atom is -0.459 e. The lowest BCUT2D eigenvalue weighted by Gasteiger charge is -2.31.